The lowest BCUT2D eigenvalue weighted by Crippen LogP contribution is -2.38. The molecule has 0 atom stereocenters. The van der Waals surface area contributed by atoms with E-state index in [0.29, 0.717) is 29.6 Å². The first kappa shape index (κ1) is 23.9. The highest BCUT2D eigenvalue weighted by molar-refractivity contribution is 5.80. The minimum absolute atomic E-state index is 0.286. The van der Waals surface area contributed by atoms with Gasteiger partial charge in [-0.15, -0.1) is 0 Å². The van der Waals surface area contributed by atoms with Gasteiger partial charge in [0.25, 0.3) is 0 Å². The number of ether oxygens (including phenoxy) is 1. The molecule has 4 aromatic rings. The average molecular weight is 487 g/mol. The fraction of sp³-hybridized carbons (Fsp3) is 0.0968. The molecule has 0 amide bonds. The van der Waals surface area contributed by atoms with Gasteiger partial charge >= 0.3 is 6.02 Å². The van der Waals surface area contributed by atoms with Gasteiger partial charge in [0.05, 0.1) is 11.3 Å². The van der Waals surface area contributed by atoms with Crippen molar-refractivity contribution >= 4 is 34.8 Å². The van der Waals surface area contributed by atoms with Crippen LogP contribution in [0.1, 0.15) is 18.1 Å². The van der Waals surface area contributed by atoms with Crippen LogP contribution in [0.5, 0.6) is 0 Å². The molecule has 37 heavy (non-hydrogen) atoms. The second-order valence-electron chi connectivity index (χ2n) is 8.30. The molecular weight excluding hydrogens is 460 g/mol. The van der Waals surface area contributed by atoms with E-state index >= 15 is 0 Å². The largest absolute Gasteiger partial charge is 0.426 e. The van der Waals surface area contributed by atoms with Crippen molar-refractivity contribution in [3.05, 3.63) is 126 Å². The van der Waals surface area contributed by atoms with Crippen molar-refractivity contribution in [3.63, 3.8) is 0 Å². The summed E-state index contributed by atoms with van der Waals surface area (Å²) in [5.74, 6) is 0.633. The second kappa shape index (κ2) is 11.3. The van der Waals surface area contributed by atoms with Gasteiger partial charge in [0.15, 0.2) is 0 Å². The maximum absolute atomic E-state index is 9.40. The Morgan fingerprint density at radius 1 is 0.838 bits per heavy atom. The molecule has 0 aromatic heterocycles. The molecule has 1 aliphatic rings. The number of nitriles is 1. The zero-order chi connectivity index (χ0) is 25.5. The van der Waals surface area contributed by atoms with Crippen LogP contribution in [0.3, 0.4) is 0 Å². The number of anilines is 3. The topological polar surface area (TPSA) is 61.1 Å². The zero-order valence-electron chi connectivity index (χ0n) is 20.5. The highest BCUT2D eigenvalue weighted by atomic mass is 16.7. The molecule has 0 spiro atoms. The summed E-state index contributed by atoms with van der Waals surface area (Å²) in [6.45, 7) is 2.80. The Morgan fingerprint density at radius 3 is 2.05 bits per heavy atom. The molecule has 0 aliphatic carbocycles. The number of para-hydroxylation sites is 3. The van der Waals surface area contributed by atoms with Gasteiger partial charge < -0.3 is 9.64 Å². The highest BCUT2D eigenvalue weighted by Gasteiger charge is 2.22. The lowest BCUT2D eigenvalue weighted by Gasteiger charge is -2.29. The fourth-order valence-electron chi connectivity index (χ4n) is 4.05. The van der Waals surface area contributed by atoms with Gasteiger partial charge in [0.1, 0.15) is 18.4 Å². The first-order valence-corrected chi connectivity index (χ1v) is 12.1. The van der Waals surface area contributed by atoms with E-state index in [1.54, 1.807) is 17.2 Å². The SMILES string of the molecule is CCN1OC/C(=C\c2ccc(N(c3ccccc3)c3ccccc3)cc2)OC1=Nc1ccccc1C#N. The Balaban J connectivity index is 1.41. The third-order valence-corrected chi connectivity index (χ3v) is 5.83. The van der Waals surface area contributed by atoms with Crippen LogP contribution in [0, 0.1) is 11.3 Å². The lowest BCUT2D eigenvalue weighted by atomic mass is 10.1. The normalized spacial score (nSPS) is 15.3. The molecule has 0 N–H and O–H groups in total. The van der Waals surface area contributed by atoms with Gasteiger partial charge in [-0.05, 0) is 67.1 Å². The number of benzene rings is 4. The van der Waals surface area contributed by atoms with E-state index in [9.17, 15) is 5.26 Å². The second-order valence-corrected chi connectivity index (χ2v) is 8.30. The third kappa shape index (κ3) is 5.53. The third-order valence-electron chi connectivity index (χ3n) is 5.83. The van der Waals surface area contributed by atoms with Crippen LogP contribution >= 0.6 is 0 Å². The van der Waals surface area contributed by atoms with E-state index in [0.717, 1.165) is 22.6 Å². The molecule has 182 valence electrons. The van der Waals surface area contributed by atoms with Crippen molar-refractivity contribution in [2.45, 2.75) is 6.92 Å². The Morgan fingerprint density at radius 2 is 1.43 bits per heavy atom. The van der Waals surface area contributed by atoms with Crippen molar-refractivity contribution in [2.75, 3.05) is 18.1 Å². The number of amidine groups is 1. The molecule has 6 nitrogen and oxygen atoms in total. The van der Waals surface area contributed by atoms with Crippen molar-refractivity contribution < 1.29 is 9.57 Å². The monoisotopic (exact) mass is 486 g/mol. The predicted molar refractivity (Wildman–Crippen MR) is 147 cm³/mol. The summed E-state index contributed by atoms with van der Waals surface area (Å²) in [4.78, 5) is 12.6. The molecule has 5 rings (SSSR count). The van der Waals surface area contributed by atoms with E-state index in [1.165, 1.54) is 0 Å². The molecule has 1 fully saturated rings. The summed E-state index contributed by atoms with van der Waals surface area (Å²) < 4.78 is 6.11. The molecule has 1 saturated heterocycles. The number of hydrogen-bond acceptors (Lipinski definition) is 5. The predicted octanol–water partition coefficient (Wildman–Crippen LogP) is 7.34. The first-order valence-electron chi connectivity index (χ1n) is 12.1. The molecule has 0 bridgehead atoms. The van der Waals surface area contributed by atoms with Crippen molar-refractivity contribution in [3.8, 4) is 6.07 Å². The molecule has 6 heteroatoms. The molecule has 1 aliphatic heterocycles. The lowest BCUT2D eigenvalue weighted by molar-refractivity contribution is -0.130. The van der Waals surface area contributed by atoms with Crippen LogP contribution in [0.4, 0.5) is 22.7 Å². The van der Waals surface area contributed by atoms with Gasteiger partial charge in [-0.1, -0.05) is 60.7 Å². The summed E-state index contributed by atoms with van der Waals surface area (Å²) >= 11 is 0. The Bertz CT molecular complexity index is 1400. The smallest absolute Gasteiger partial charge is 0.322 e. The Labute approximate surface area is 216 Å². The van der Waals surface area contributed by atoms with Crippen LogP contribution in [0.2, 0.25) is 0 Å². The molecule has 0 saturated carbocycles. The minimum Gasteiger partial charge on any atom is -0.426 e. The van der Waals surface area contributed by atoms with Gasteiger partial charge in [-0.2, -0.15) is 10.3 Å². The standard InChI is InChI=1S/C31H26N4O2/c1-2-34-31(33-30-16-10-9-11-25(30)22-32)37-29(23-36-34)21-24-17-19-28(20-18-24)35(26-12-5-3-6-13-26)27-14-7-4-8-15-27/h3-21H,2,23H2,1H3/b29-21+,33-31?. The van der Waals surface area contributed by atoms with E-state index < -0.39 is 0 Å². The number of hydrogen-bond donors (Lipinski definition) is 0. The number of nitrogens with zero attached hydrogens (tertiary/aromatic N) is 4. The maximum Gasteiger partial charge on any atom is 0.322 e. The van der Waals surface area contributed by atoms with Crippen molar-refractivity contribution in [1.29, 1.82) is 5.26 Å². The molecule has 1 heterocycles. The highest BCUT2D eigenvalue weighted by Crippen LogP contribution is 2.34. The van der Waals surface area contributed by atoms with Crippen molar-refractivity contribution in [1.82, 2.24) is 5.06 Å². The van der Waals surface area contributed by atoms with E-state index in [2.05, 4.69) is 64.5 Å². The van der Waals surface area contributed by atoms with Crippen LogP contribution in [-0.4, -0.2) is 24.2 Å². The summed E-state index contributed by atoms with van der Waals surface area (Å²) in [5, 5.41) is 11.0. The van der Waals surface area contributed by atoms with Crippen LogP contribution in [0.25, 0.3) is 6.08 Å². The van der Waals surface area contributed by atoms with Crippen LogP contribution < -0.4 is 4.90 Å². The van der Waals surface area contributed by atoms with Crippen molar-refractivity contribution in [2.24, 2.45) is 4.99 Å². The van der Waals surface area contributed by atoms with E-state index in [4.69, 9.17) is 9.57 Å². The van der Waals surface area contributed by atoms with E-state index in [1.807, 2.05) is 61.5 Å². The van der Waals surface area contributed by atoms with Gasteiger partial charge in [-0.3, -0.25) is 4.84 Å². The first-order chi connectivity index (χ1) is 18.2. The molecule has 0 radical (unpaired) electrons. The average Bonchev–Trinajstić information content (AvgIpc) is 2.96. The molecule has 4 aromatic carbocycles. The fourth-order valence-corrected chi connectivity index (χ4v) is 4.05. The summed E-state index contributed by atoms with van der Waals surface area (Å²) in [5.41, 5.74) is 5.21. The minimum atomic E-state index is 0.286. The van der Waals surface area contributed by atoms with Crippen LogP contribution in [-0.2, 0) is 9.57 Å². The molecule has 0 unspecified atom stereocenters. The van der Waals surface area contributed by atoms with Gasteiger partial charge in [-0.25, -0.2) is 5.06 Å². The van der Waals surface area contributed by atoms with Crippen LogP contribution in [0.15, 0.2) is 120 Å². The number of rotatable bonds is 6. The number of aliphatic imine (C=N–C) groups is 1. The Hall–Kier alpha value is -4.86. The summed E-state index contributed by atoms with van der Waals surface area (Å²) in [6.07, 6.45) is 1.94. The van der Waals surface area contributed by atoms with Gasteiger partial charge in [0.2, 0.25) is 0 Å². The van der Waals surface area contributed by atoms with Gasteiger partial charge in [0, 0.05) is 23.6 Å². The molecular formula is C31H26N4O2. The summed E-state index contributed by atoms with van der Waals surface area (Å²) in [6, 6.07) is 38.5. The number of hydroxylamine groups is 2. The van der Waals surface area contributed by atoms with E-state index in [-0.39, 0.29) is 6.61 Å². The zero-order valence-corrected chi connectivity index (χ0v) is 20.5. The quantitative estimate of drug-likeness (QED) is 0.285. The summed E-state index contributed by atoms with van der Waals surface area (Å²) in [7, 11) is 0. The Kier molecular flexibility index (Phi) is 7.26. The maximum atomic E-state index is 9.40.